The molecule has 2 rings (SSSR count). The van der Waals surface area contributed by atoms with Crippen LogP contribution in [0.15, 0.2) is 30.3 Å². The van der Waals surface area contributed by atoms with E-state index in [0.717, 1.165) is 31.2 Å². The van der Waals surface area contributed by atoms with E-state index >= 15 is 0 Å². The molecule has 0 spiro atoms. The minimum Gasteiger partial charge on any atom is -0.461 e. The van der Waals surface area contributed by atoms with E-state index in [1.54, 1.807) is 20.8 Å². The van der Waals surface area contributed by atoms with Crippen molar-refractivity contribution in [3.8, 4) is 0 Å². The van der Waals surface area contributed by atoms with Gasteiger partial charge in [-0.2, -0.15) is 4.79 Å². The Bertz CT molecular complexity index is 1090. The number of piperazine rings is 1. The van der Waals surface area contributed by atoms with Crippen LogP contribution in [0.1, 0.15) is 97.5 Å². The fraction of sp³-hybridized carbons (Fsp3) is 0.697. The highest BCUT2D eigenvalue weighted by molar-refractivity contribution is 6.67. The largest absolute Gasteiger partial charge is 0.524 e. The normalized spacial score (nSPS) is 19.4. The lowest BCUT2D eigenvalue weighted by atomic mass is 9.92. The molecule has 0 aliphatic carbocycles. The van der Waals surface area contributed by atoms with Gasteiger partial charge in [-0.1, -0.05) is 123 Å². The number of amides is 2. The maximum Gasteiger partial charge on any atom is 0.524 e. The van der Waals surface area contributed by atoms with Crippen LogP contribution in [0, 0.1) is 5.92 Å². The molecule has 12 heteroatoms. The van der Waals surface area contributed by atoms with E-state index in [0.29, 0.717) is 12.8 Å². The molecule has 1 aromatic carbocycles. The molecule has 1 fully saturated rings. The van der Waals surface area contributed by atoms with Gasteiger partial charge in [-0.25, -0.2) is 9.59 Å². The second kappa shape index (κ2) is 19.0. The summed E-state index contributed by atoms with van der Waals surface area (Å²) in [5.74, 6) is -2.97. The number of alkyl halides is 3. The fourth-order valence-electron chi connectivity index (χ4n) is 5.40. The molecule has 1 unspecified atom stereocenters. The number of carbonyl (C=O) groups excluding carboxylic acids is 4. The van der Waals surface area contributed by atoms with E-state index in [1.807, 2.05) is 30.3 Å². The second-order valence-corrected chi connectivity index (χ2v) is 15.2. The number of benzene rings is 1. The summed E-state index contributed by atoms with van der Waals surface area (Å²) in [5, 5.41) is 3.13. The lowest BCUT2D eigenvalue weighted by Crippen LogP contribution is -2.74. The first-order valence-corrected chi connectivity index (χ1v) is 17.1. The van der Waals surface area contributed by atoms with Crippen LogP contribution in [-0.4, -0.2) is 70.1 Å². The Labute approximate surface area is 283 Å². The lowest BCUT2D eigenvalue weighted by molar-refractivity contribution is -0.806. The molecule has 2 amide bonds. The maximum atomic E-state index is 14.7. The van der Waals surface area contributed by atoms with Gasteiger partial charge in [0, 0.05) is 6.54 Å². The van der Waals surface area contributed by atoms with E-state index in [4.69, 9.17) is 49.0 Å². The molecule has 1 saturated heterocycles. The highest BCUT2D eigenvalue weighted by Gasteiger charge is 2.60. The highest BCUT2D eigenvalue weighted by atomic mass is 35.6. The first kappa shape index (κ1) is 39.3. The van der Waals surface area contributed by atoms with Crippen LogP contribution in [0.4, 0.5) is 4.79 Å². The third-order valence-corrected chi connectivity index (χ3v) is 8.01. The molecule has 1 aliphatic rings. The zero-order valence-electron chi connectivity index (χ0n) is 27.1. The number of nitrogens with one attached hydrogen (secondary N) is 1. The first-order valence-electron chi connectivity index (χ1n) is 16.0. The minimum atomic E-state index is -1.82. The number of quaternary nitrogens is 1. The summed E-state index contributed by atoms with van der Waals surface area (Å²) in [6.07, 6.45) is 7.44. The molecular weight excluding hydrogens is 643 g/mol. The van der Waals surface area contributed by atoms with Crippen LogP contribution < -0.4 is 5.32 Å². The predicted molar refractivity (Wildman–Crippen MR) is 176 cm³/mol. The molecule has 0 aromatic heterocycles. The van der Waals surface area contributed by atoms with Crippen molar-refractivity contribution in [1.82, 2.24) is 5.32 Å². The van der Waals surface area contributed by atoms with Crippen molar-refractivity contribution in [2.75, 3.05) is 26.2 Å². The van der Waals surface area contributed by atoms with Crippen molar-refractivity contribution in [2.24, 2.45) is 5.92 Å². The van der Waals surface area contributed by atoms with Crippen LogP contribution in [0.5, 0.6) is 0 Å². The number of imide groups is 1. The van der Waals surface area contributed by atoms with Gasteiger partial charge >= 0.3 is 23.9 Å². The van der Waals surface area contributed by atoms with Gasteiger partial charge in [0.15, 0.2) is 0 Å². The second-order valence-electron chi connectivity index (χ2n) is 12.7. The molecule has 1 heterocycles. The fourth-order valence-corrected chi connectivity index (χ4v) is 5.56. The van der Waals surface area contributed by atoms with E-state index in [9.17, 15) is 19.2 Å². The van der Waals surface area contributed by atoms with Gasteiger partial charge < -0.3 is 19.5 Å². The van der Waals surface area contributed by atoms with Crippen LogP contribution >= 0.6 is 34.8 Å². The third-order valence-electron chi connectivity index (χ3n) is 7.68. The van der Waals surface area contributed by atoms with Crippen LogP contribution in [0.25, 0.3) is 0 Å². The van der Waals surface area contributed by atoms with Gasteiger partial charge in [-0.3, -0.25) is 4.79 Å². The average molecular weight is 693 g/mol. The monoisotopic (exact) mass is 691 g/mol. The first-order chi connectivity index (χ1) is 21.2. The molecule has 3 atom stereocenters. The zero-order chi connectivity index (χ0) is 33.5. The summed E-state index contributed by atoms with van der Waals surface area (Å²) in [4.78, 5) is 55.3. The summed E-state index contributed by atoms with van der Waals surface area (Å²) < 4.78 is 13.9. The number of nitrogens with zero attached hydrogens (tertiary/aromatic N) is 1. The van der Waals surface area contributed by atoms with Crippen molar-refractivity contribution < 1.29 is 37.9 Å². The molecule has 1 aromatic rings. The molecule has 0 radical (unpaired) electrons. The summed E-state index contributed by atoms with van der Waals surface area (Å²) in [5.41, 5.74) is -0.177. The minimum absolute atomic E-state index is 0.0147. The molecule has 0 saturated carbocycles. The molecule has 9 nitrogen and oxygen atoms in total. The van der Waals surface area contributed by atoms with Crippen LogP contribution in [0.2, 0.25) is 0 Å². The van der Waals surface area contributed by atoms with Crippen LogP contribution in [0.3, 0.4) is 0 Å². The topological polar surface area (TPSA) is 108 Å². The van der Waals surface area contributed by atoms with Crippen molar-refractivity contribution in [3.05, 3.63) is 35.9 Å². The van der Waals surface area contributed by atoms with Gasteiger partial charge in [-0.05, 0) is 32.8 Å². The molecule has 45 heavy (non-hydrogen) atoms. The molecule has 1 aliphatic heterocycles. The van der Waals surface area contributed by atoms with E-state index in [1.165, 1.54) is 19.3 Å². The Morgan fingerprint density at radius 3 is 2.16 bits per heavy atom. The molecular formula is C33H50Cl3N2O7+. The summed E-state index contributed by atoms with van der Waals surface area (Å²) in [6.45, 7) is 7.00. The molecule has 0 bridgehead atoms. The van der Waals surface area contributed by atoms with Gasteiger partial charge in [0.2, 0.25) is 9.83 Å². The molecule has 254 valence electrons. The van der Waals surface area contributed by atoms with Crippen LogP contribution in [-0.2, 0) is 35.2 Å². The number of halogens is 3. The number of carbonyl (C=O) groups is 4. The van der Waals surface area contributed by atoms with Gasteiger partial charge in [0.25, 0.3) is 0 Å². The van der Waals surface area contributed by atoms with Gasteiger partial charge in [-0.15, -0.1) is 4.48 Å². The SMILES string of the molecule is CCCCCCCCCC[C@H](CC(=O)OCC(Cl)(Cl)Cl)C(=O)[N@+]1(C(=O)OC(C)(C)C)CCNCC1C(=O)OCc1ccccc1. The third kappa shape index (κ3) is 13.8. The summed E-state index contributed by atoms with van der Waals surface area (Å²) in [6, 6.07) is 7.92. The smallest absolute Gasteiger partial charge is 0.461 e. The number of ether oxygens (including phenoxy) is 3. The van der Waals surface area contributed by atoms with Gasteiger partial charge in [0.1, 0.15) is 25.4 Å². The number of esters is 2. The zero-order valence-corrected chi connectivity index (χ0v) is 29.4. The Morgan fingerprint density at radius 2 is 1.56 bits per heavy atom. The van der Waals surface area contributed by atoms with Crippen molar-refractivity contribution in [1.29, 1.82) is 0 Å². The molecule has 1 N–H and O–H groups in total. The van der Waals surface area contributed by atoms with E-state index < -0.39 is 56.4 Å². The van der Waals surface area contributed by atoms with E-state index in [-0.39, 0.29) is 32.7 Å². The Hall–Kier alpha value is -1.91. The number of hydrogen-bond acceptors (Lipinski definition) is 8. The number of hydrogen-bond donors (Lipinski definition) is 1. The lowest BCUT2D eigenvalue weighted by Gasteiger charge is -2.42. The quantitative estimate of drug-likeness (QED) is 0.0627. The van der Waals surface area contributed by atoms with E-state index in [2.05, 4.69) is 12.2 Å². The van der Waals surface area contributed by atoms with Crippen molar-refractivity contribution >= 4 is 58.7 Å². The standard InChI is InChI=1S/C33H50Cl3N2O7/c1-5-6-7-8-9-10-11-15-18-26(21-28(39)44-24-33(34,35)36)29(40)38(31(42)45-32(2,3)4)20-19-37-22-27(38)30(41)43-23-25-16-13-12-14-17-25/h12-14,16-17,26-27,37H,5-11,15,18-24H2,1-4H3/q+1/t26-,27?,38+/m1/s1. The number of unbranched alkanes of at least 4 members (excludes halogenated alkanes) is 7. The summed E-state index contributed by atoms with van der Waals surface area (Å²) in [7, 11) is 0. The highest BCUT2D eigenvalue weighted by Crippen LogP contribution is 2.31. The summed E-state index contributed by atoms with van der Waals surface area (Å²) >= 11 is 17.3. The van der Waals surface area contributed by atoms with Gasteiger partial charge in [0.05, 0.1) is 18.9 Å². The maximum absolute atomic E-state index is 14.7. The Kier molecular flexibility index (Phi) is 16.6. The Balaban J connectivity index is 2.36. The van der Waals surface area contributed by atoms with Crippen molar-refractivity contribution in [3.63, 3.8) is 0 Å². The number of rotatable bonds is 16. The average Bonchev–Trinajstić information content (AvgIpc) is 2.98. The Morgan fingerprint density at radius 1 is 0.933 bits per heavy atom. The predicted octanol–water partition coefficient (Wildman–Crippen LogP) is 7.43. The van der Waals surface area contributed by atoms with Crippen molar-refractivity contribution in [2.45, 2.75) is 114 Å².